The predicted molar refractivity (Wildman–Crippen MR) is 81.3 cm³/mol. The van der Waals surface area contributed by atoms with Gasteiger partial charge in [0.2, 0.25) is 10.0 Å². The van der Waals surface area contributed by atoms with Gasteiger partial charge < -0.3 is 4.90 Å². The molecular formula is C12H19BrClN2O2S+. The Hall–Kier alpha value is -0.140. The van der Waals surface area contributed by atoms with Gasteiger partial charge in [0.1, 0.15) is 4.90 Å². The molecule has 2 N–H and O–H groups in total. The average molecular weight is 371 g/mol. The molecule has 19 heavy (non-hydrogen) atoms. The topological polar surface area (TPSA) is 50.6 Å². The van der Waals surface area contributed by atoms with Crippen LogP contribution in [0.2, 0.25) is 5.02 Å². The van der Waals surface area contributed by atoms with Crippen LogP contribution in [-0.4, -0.2) is 34.6 Å². The van der Waals surface area contributed by atoms with Crippen LogP contribution in [0.25, 0.3) is 0 Å². The average Bonchev–Trinajstić information content (AvgIpc) is 2.34. The molecule has 0 unspecified atom stereocenters. The van der Waals surface area contributed by atoms with Crippen LogP contribution >= 0.6 is 27.5 Å². The largest absolute Gasteiger partial charge is 0.334 e. The molecule has 0 atom stereocenters. The zero-order valence-corrected chi connectivity index (χ0v) is 14.2. The van der Waals surface area contributed by atoms with Crippen LogP contribution in [-0.2, 0) is 10.0 Å². The molecule has 0 aliphatic heterocycles. The van der Waals surface area contributed by atoms with Crippen LogP contribution in [0, 0.1) is 0 Å². The number of benzene rings is 1. The van der Waals surface area contributed by atoms with Crippen molar-refractivity contribution in [2.45, 2.75) is 18.7 Å². The molecule has 0 aromatic heterocycles. The van der Waals surface area contributed by atoms with E-state index < -0.39 is 10.0 Å². The third-order valence-corrected chi connectivity index (χ3v) is 5.39. The monoisotopic (exact) mass is 369 g/mol. The van der Waals surface area contributed by atoms with Crippen LogP contribution in [0.1, 0.15) is 13.8 Å². The highest BCUT2D eigenvalue weighted by atomic mass is 79.9. The molecule has 1 aromatic rings. The second-order valence-corrected chi connectivity index (χ2v) is 7.24. The second-order valence-electron chi connectivity index (χ2n) is 4.18. The van der Waals surface area contributed by atoms with Crippen molar-refractivity contribution in [1.29, 1.82) is 0 Å². The van der Waals surface area contributed by atoms with Crippen LogP contribution in [0.15, 0.2) is 27.6 Å². The van der Waals surface area contributed by atoms with Crippen molar-refractivity contribution in [2.24, 2.45) is 0 Å². The smallest absolute Gasteiger partial charge is 0.242 e. The van der Waals surface area contributed by atoms with Crippen molar-refractivity contribution in [3.05, 3.63) is 27.7 Å². The molecule has 0 radical (unpaired) electrons. The van der Waals surface area contributed by atoms with E-state index >= 15 is 0 Å². The van der Waals surface area contributed by atoms with E-state index in [4.69, 9.17) is 11.6 Å². The van der Waals surface area contributed by atoms with Gasteiger partial charge in [-0.05, 0) is 32.0 Å². The molecule has 1 rings (SSSR count). The van der Waals surface area contributed by atoms with Gasteiger partial charge in [0.25, 0.3) is 0 Å². The first kappa shape index (κ1) is 16.9. The first-order valence-corrected chi connectivity index (χ1v) is 8.84. The summed E-state index contributed by atoms with van der Waals surface area (Å²) in [6.07, 6.45) is 0. The Morgan fingerprint density at radius 2 is 1.95 bits per heavy atom. The maximum atomic E-state index is 12.1. The number of rotatable bonds is 7. The zero-order chi connectivity index (χ0) is 14.5. The number of hydrogen-bond donors (Lipinski definition) is 2. The summed E-state index contributed by atoms with van der Waals surface area (Å²) in [5.74, 6) is 0. The number of quaternary nitrogens is 1. The summed E-state index contributed by atoms with van der Waals surface area (Å²) < 4.78 is 27.5. The van der Waals surface area contributed by atoms with Crippen molar-refractivity contribution in [2.75, 3.05) is 26.2 Å². The normalized spacial score (nSPS) is 12.1. The molecule has 0 saturated carbocycles. The Morgan fingerprint density at radius 1 is 1.32 bits per heavy atom. The van der Waals surface area contributed by atoms with Gasteiger partial charge in [-0.2, -0.15) is 0 Å². The molecule has 0 saturated heterocycles. The Kier molecular flexibility index (Phi) is 6.76. The van der Waals surface area contributed by atoms with Crippen LogP contribution in [0.5, 0.6) is 0 Å². The van der Waals surface area contributed by atoms with Gasteiger partial charge in [0.05, 0.1) is 31.2 Å². The van der Waals surface area contributed by atoms with Gasteiger partial charge in [-0.25, -0.2) is 13.1 Å². The standard InChI is InChI=1S/C12H18BrClN2O2S/c1-3-16(4-2)8-7-15-19(17,18)12-6-5-10(13)9-11(12)14/h5-6,9,15H,3-4,7-8H2,1-2H3/p+1. The van der Waals surface area contributed by atoms with Gasteiger partial charge in [0.15, 0.2) is 0 Å². The number of hydrogen-bond acceptors (Lipinski definition) is 2. The Morgan fingerprint density at radius 3 is 2.47 bits per heavy atom. The number of sulfonamides is 1. The summed E-state index contributed by atoms with van der Waals surface area (Å²) in [6, 6.07) is 4.74. The van der Waals surface area contributed by atoms with Gasteiger partial charge in [-0.1, -0.05) is 27.5 Å². The number of likely N-dealkylation sites (N-methyl/N-ethyl adjacent to an activating group) is 1. The van der Waals surface area contributed by atoms with E-state index in [-0.39, 0.29) is 9.92 Å². The molecule has 7 heteroatoms. The first-order valence-electron chi connectivity index (χ1n) is 6.19. The minimum Gasteiger partial charge on any atom is -0.334 e. The highest BCUT2D eigenvalue weighted by Crippen LogP contribution is 2.24. The van der Waals surface area contributed by atoms with Crippen molar-refractivity contribution in [1.82, 2.24) is 4.72 Å². The predicted octanol–water partition coefficient (Wildman–Crippen LogP) is 1.31. The van der Waals surface area contributed by atoms with Crippen molar-refractivity contribution < 1.29 is 13.3 Å². The maximum absolute atomic E-state index is 12.1. The lowest BCUT2D eigenvalue weighted by atomic mass is 10.4. The third kappa shape index (κ3) is 5.04. The Balaban J connectivity index is 2.71. The molecule has 0 bridgehead atoms. The Bertz CT molecular complexity index is 518. The Labute approximate surface area is 128 Å². The minimum atomic E-state index is -3.54. The zero-order valence-electron chi connectivity index (χ0n) is 11.0. The van der Waals surface area contributed by atoms with E-state index in [9.17, 15) is 8.42 Å². The van der Waals surface area contributed by atoms with Crippen molar-refractivity contribution >= 4 is 37.6 Å². The summed E-state index contributed by atoms with van der Waals surface area (Å²) >= 11 is 9.21. The van der Waals surface area contributed by atoms with Crippen molar-refractivity contribution in [3.8, 4) is 0 Å². The molecule has 0 aliphatic rings. The molecule has 1 aromatic carbocycles. The van der Waals surface area contributed by atoms with E-state index in [2.05, 4.69) is 34.5 Å². The van der Waals surface area contributed by atoms with E-state index in [1.54, 1.807) is 12.1 Å². The van der Waals surface area contributed by atoms with Crippen LogP contribution in [0.4, 0.5) is 0 Å². The highest BCUT2D eigenvalue weighted by molar-refractivity contribution is 9.10. The molecule has 0 amide bonds. The first-order chi connectivity index (χ1) is 8.90. The molecule has 108 valence electrons. The van der Waals surface area contributed by atoms with Gasteiger partial charge in [0, 0.05) is 4.47 Å². The SMILES string of the molecule is CC[NH+](CC)CCNS(=O)(=O)c1ccc(Br)cc1Cl. The molecule has 0 spiro atoms. The van der Waals surface area contributed by atoms with E-state index in [1.165, 1.54) is 11.0 Å². The number of halogens is 2. The van der Waals surface area contributed by atoms with E-state index in [1.807, 2.05) is 0 Å². The third-order valence-electron chi connectivity index (χ3n) is 2.95. The molecule has 0 fully saturated rings. The van der Waals surface area contributed by atoms with Crippen molar-refractivity contribution in [3.63, 3.8) is 0 Å². The number of nitrogens with one attached hydrogen (secondary N) is 2. The fourth-order valence-electron chi connectivity index (χ4n) is 1.74. The van der Waals surface area contributed by atoms with Crippen LogP contribution in [0.3, 0.4) is 0 Å². The molecule has 0 aliphatic carbocycles. The molecular weight excluding hydrogens is 352 g/mol. The fraction of sp³-hybridized carbons (Fsp3) is 0.500. The summed E-state index contributed by atoms with van der Waals surface area (Å²) in [6.45, 7) is 7.30. The van der Waals surface area contributed by atoms with Crippen LogP contribution < -0.4 is 9.62 Å². The summed E-state index contributed by atoms with van der Waals surface area (Å²) in [5.41, 5.74) is 0. The fourth-order valence-corrected chi connectivity index (χ4v) is 3.80. The van der Waals surface area contributed by atoms with E-state index in [0.717, 1.165) is 24.1 Å². The molecule has 4 nitrogen and oxygen atoms in total. The summed E-state index contributed by atoms with van der Waals surface area (Å²) in [7, 11) is -3.54. The second kappa shape index (κ2) is 7.59. The lowest BCUT2D eigenvalue weighted by molar-refractivity contribution is -0.895. The highest BCUT2D eigenvalue weighted by Gasteiger charge is 2.18. The van der Waals surface area contributed by atoms with Gasteiger partial charge in [-0.15, -0.1) is 0 Å². The van der Waals surface area contributed by atoms with Gasteiger partial charge >= 0.3 is 0 Å². The lowest BCUT2D eigenvalue weighted by Gasteiger charge is -2.15. The maximum Gasteiger partial charge on any atom is 0.242 e. The minimum absolute atomic E-state index is 0.118. The van der Waals surface area contributed by atoms with Gasteiger partial charge in [-0.3, -0.25) is 0 Å². The quantitative estimate of drug-likeness (QED) is 0.760. The summed E-state index contributed by atoms with van der Waals surface area (Å²) in [4.78, 5) is 1.47. The summed E-state index contributed by atoms with van der Waals surface area (Å²) in [5, 5.41) is 0.220. The molecule has 0 heterocycles. The lowest BCUT2D eigenvalue weighted by Crippen LogP contribution is -3.12. The van der Waals surface area contributed by atoms with E-state index in [0.29, 0.717) is 6.54 Å².